The Hall–Kier alpha value is -3.38. The van der Waals surface area contributed by atoms with E-state index >= 15 is 0 Å². The number of nitrogens with zero attached hydrogens (tertiary/aromatic N) is 4. The number of hydrogen-bond donors (Lipinski definition) is 2. The first-order chi connectivity index (χ1) is 16.2. The van der Waals surface area contributed by atoms with Crippen molar-refractivity contribution in [3.05, 3.63) is 71.3 Å². The van der Waals surface area contributed by atoms with Gasteiger partial charge in [-0.2, -0.15) is 31.8 Å². The zero-order valence-electron chi connectivity index (χ0n) is 18.7. The van der Waals surface area contributed by atoms with Gasteiger partial charge >= 0.3 is 6.18 Å². The minimum absolute atomic E-state index is 0. The number of halogens is 3. The van der Waals surface area contributed by atoms with Crippen molar-refractivity contribution in [2.24, 2.45) is 0 Å². The highest BCUT2D eigenvalue weighted by Crippen LogP contribution is 2.33. The van der Waals surface area contributed by atoms with Crippen LogP contribution in [0.3, 0.4) is 0 Å². The fraction of sp³-hybridized carbons (Fsp3) is 0.304. The zero-order chi connectivity index (χ0) is 24.5. The lowest BCUT2D eigenvalue weighted by molar-refractivity contribution is -0.137. The lowest BCUT2D eigenvalue weighted by Gasteiger charge is -2.32. The van der Waals surface area contributed by atoms with Crippen LogP contribution >= 0.6 is 13.5 Å². The number of alkyl halides is 3. The van der Waals surface area contributed by atoms with Crippen molar-refractivity contribution >= 4 is 36.6 Å². The van der Waals surface area contributed by atoms with Crippen molar-refractivity contribution < 1.29 is 27.9 Å². The summed E-state index contributed by atoms with van der Waals surface area (Å²) in [6, 6.07) is 5.71. The Morgan fingerprint density at radius 3 is 2.57 bits per heavy atom. The van der Waals surface area contributed by atoms with Gasteiger partial charge in [0.25, 0.3) is 5.91 Å². The third-order valence-corrected chi connectivity index (χ3v) is 5.59. The molecule has 3 aromatic rings. The standard InChI is InChI=1S/C23H22F3N5O3.H2S/c1-14-13-30(17-4-2-16(3-5-17)23(24,25)26)22(34)21-15(11-29-31(14)21)10-20(33)18-6-7-27-12-19(18)28-8-9-32;/h2-7,11-12,14,28,32H,8-10,13H2,1H3;1H2/t14-;/m0./s1. The van der Waals surface area contributed by atoms with Gasteiger partial charge in [0.15, 0.2) is 5.78 Å². The minimum Gasteiger partial charge on any atom is -0.395 e. The number of pyridine rings is 1. The Morgan fingerprint density at radius 1 is 1.20 bits per heavy atom. The molecule has 4 rings (SSSR count). The van der Waals surface area contributed by atoms with Gasteiger partial charge in [0.05, 0.1) is 36.3 Å². The van der Waals surface area contributed by atoms with E-state index in [1.165, 1.54) is 35.6 Å². The molecule has 0 aliphatic carbocycles. The maximum atomic E-state index is 13.3. The molecule has 8 nitrogen and oxygen atoms in total. The molecule has 0 bridgehead atoms. The van der Waals surface area contributed by atoms with Crippen LogP contribution in [0.2, 0.25) is 0 Å². The van der Waals surface area contributed by atoms with E-state index in [0.717, 1.165) is 12.1 Å². The normalized spacial score (nSPS) is 15.4. The van der Waals surface area contributed by atoms with E-state index in [1.54, 1.807) is 10.7 Å². The number of aromatic nitrogens is 3. The van der Waals surface area contributed by atoms with Gasteiger partial charge in [-0.15, -0.1) is 0 Å². The summed E-state index contributed by atoms with van der Waals surface area (Å²) in [5.41, 5.74) is 1.01. The Morgan fingerprint density at radius 2 is 1.91 bits per heavy atom. The fourth-order valence-corrected chi connectivity index (χ4v) is 3.94. The first kappa shape index (κ1) is 26.2. The molecule has 0 saturated carbocycles. The Labute approximate surface area is 206 Å². The molecule has 1 amide bonds. The van der Waals surface area contributed by atoms with E-state index < -0.39 is 17.6 Å². The average molecular weight is 508 g/mol. The van der Waals surface area contributed by atoms with Gasteiger partial charge < -0.3 is 15.3 Å². The van der Waals surface area contributed by atoms with E-state index in [1.807, 2.05) is 6.92 Å². The number of benzene rings is 1. The maximum absolute atomic E-state index is 13.3. The van der Waals surface area contributed by atoms with Gasteiger partial charge in [-0.05, 0) is 37.3 Å². The molecule has 0 fully saturated rings. The first-order valence-electron chi connectivity index (χ1n) is 10.6. The van der Waals surface area contributed by atoms with Crippen molar-refractivity contribution in [1.82, 2.24) is 14.8 Å². The summed E-state index contributed by atoms with van der Waals surface area (Å²) in [7, 11) is 0. The second kappa shape index (κ2) is 10.5. The van der Waals surface area contributed by atoms with Gasteiger partial charge in [0.2, 0.25) is 0 Å². The highest BCUT2D eigenvalue weighted by Gasteiger charge is 2.35. The number of carbonyl (C=O) groups excluding carboxylic acids is 2. The molecule has 1 aromatic carbocycles. The monoisotopic (exact) mass is 507 g/mol. The maximum Gasteiger partial charge on any atom is 0.416 e. The van der Waals surface area contributed by atoms with Crippen LogP contribution in [-0.2, 0) is 12.6 Å². The highest BCUT2D eigenvalue weighted by atomic mass is 32.1. The van der Waals surface area contributed by atoms with Crippen LogP contribution in [0, 0.1) is 0 Å². The molecule has 0 unspecified atom stereocenters. The molecule has 1 aliphatic heterocycles. The molecule has 2 aromatic heterocycles. The SMILES string of the molecule is C[C@H]1CN(c2ccc(C(F)(F)F)cc2)C(=O)c2c(CC(=O)c3ccncc3NCCO)cnn21.S. The number of fused-ring (bicyclic) bond motifs is 1. The minimum atomic E-state index is -4.47. The lowest BCUT2D eigenvalue weighted by atomic mass is 10.0. The number of amides is 1. The Kier molecular flexibility index (Phi) is 7.86. The molecular formula is C23H24F3N5O3S. The van der Waals surface area contributed by atoms with Gasteiger partial charge in [-0.3, -0.25) is 19.3 Å². The topological polar surface area (TPSA) is 100 Å². The van der Waals surface area contributed by atoms with E-state index in [-0.39, 0.29) is 57.1 Å². The molecule has 1 aliphatic rings. The van der Waals surface area contributed by atoms with E-state index in [9.17, 15) is 22.8 Å². The Bertz CT molecular complexity index is 1210. The van der Waals surface area contributed by atoms with Gasteiger partial charge in [-0.25, -0.2) is 0 Å². The van der Waals surface area contributed by atoms with Gasteiger partial charge in [0, 0.05) is 42.5 Å². The average Bonchev–Trinajstić information content (AvgIpc) is 3.24. The van der Waals surface area contributed by atoms with Crippen molar-refractivity contribution in [1.29, 1.82) is 0 Å². The second-order valence-corrected chi connectivity index (χ2v) is 7.94. The van der Waals surface area contributed by atoms with Crippen LogP contribution in [0.4, 0.5) is 24.5 Å². The molecule has 0 saturated heterocycles. The van der Waals surface area contributed by atoms with Crippen molar-refractivity contribution in [3.63, 3.8) is 0 Å². The summed E-state index contributed by atoms with van der Waals surface area (Å²) in [5.74, 6) is -0.711. The fourth-order valence-electron chi connectivity index (χ4n) is 3.94. The van der Waals surface area contributed by atoms with Crippen LogP contribution in [0.15, 0.2) is 48.9 Å². The van der Waals surface area contributed by atoms with E-state index in [0.29, 0.717) is 22.5 Å². The number of Topliss-reactive ketones (excluding diaryl/α,β-unsaturated/α-hetero) is 1. The second-order valence-electron chi connectivity index (χ2n) is 7.94. The van der Waals surface area contributed by atoms with Gasteiger partial charge in [0.1, 0.15) is 5.69 Å². The van der Waals surface area contributed by atoms with Crippen LogP contribution in [0.25, 0.3) is 0 Å². The summed E-state index contributed by atoms with van der Waals surface area (Å²) in [6.45, 7) is 2.19. The highest BCUT2D eigenvalue weighted by molar-refractivity contribution is 7.59. The van der Waals surface area contributed by atoms with Gasteiger partial charge in [-0.1, -0.05) is 0 Å². The molecule has 1 atom stereocenters. The van der Waals surface area contributed by atoms with Crippen molar-refractivity contribution in [3.8, 4) is 0 Å². The number of aliphatic hydroxyl groups is 1. The Balaban J connectivity index is 0.00000342. The molecule has 186 valence electrons. The third kappa shape index (κ3) is 5.33. The third-order valence-electron chi connectivity index (χ3n) is 5.59. The number of ketones is 1. The number of hydrogen-bond acceptors (Lipinski definition) is 6. The zero-order valence-corrected chi connectivity index (χ0v) is 19.7. The summed E-state index contributed by atoms with van der Waals surface area (Å²) in [4.78, 5) is 31.8. The predicted molar refractivity (Wildman–Crippen MR) is 128 cm³/mol. The first-order valence-corrected chi connectivity index (χ1v) is 10.6. The number of aliphatic hydroxyl groups excluding tert-OH is 1. The molecule has 0 spiro atoms. The predicted octanol–water partition coefficient (Wildman–Crippen LogP) is 3.46. The lowest BCUT2D eigenvalue weighted by Crippen LogP contribution is -2.43. The molecular weight excluding hydrogens is 483 g/mol. The summed E-state index contributed by atoms with van der Waals surface area (Å²) >= 11 is 0. The number of carbonyl (C=O) groups is 2. The van der Waals surface area contributed by atoms with E-state index in [2.05, 4.69) is 15.4 Å². The summed E-state index contributed by atoms with van der Waals surface area (Å²) < 4.78 is 40.3. The number of anilines is 2. The molecule has 3 heterocycles. The van der Waals surface area contributed by atoms with Crippen LogP contribution in [0.1, 0.15) is 44.9 Å². The van der Waals surface area contributed by atoms with Crippen molar-refractivity contribution in [2.45, 2.75) is 25.6 Å². The molecule has 12 heteroatoms. The largest absolute Gasteiger partial charge is 0.416 e. The van der Waals surface area contributed by atoms with E-state index in [4.69, 9.17) is 5.11 Å². The van der Waals surface area contributed by atoms with Crippen LogP contribution < -0.4 is 10.2 Å². The summed E-state index contributed by atoms with van der Waals surface area (Å²) in [6.07, 6.45) is -0.144. The van der Waals surface area contributed by atoms with Crippen LogP contribution in [-0.4, -0.2) is 51.3 Å². The smallest absolute Gasteiger partial charge is 0.395 e. The number of rotatable bonds is 7. The molecule has 35 heavy (non-hydrogen) atoms. The number of nitrogens with one attached hydrogen (secondary N) is 1. The quantitative estimate of drug-likeness (QED) is 0.475. The molecule has 2 N–H and O–H groups in total. The van der Waals surface area contributed by atoms with Crippen LogP contribution in [0.5, 0.6) is 0 Å². The molecule has 0 radical (unpaired) electrons. The van der Waals surface area contributed by atoms with Crippen molar-refractivity contribution in [2.75, 3.05) is 29.9 Å². The summed E-state index contributed by atoms with van der Waals surface area (Å²) in [5, 5.41) is 16.3.